The van der Waals surface area contributed by atoms with Crippen LogP contribution >= 0.6 is 0 Å². The standard InChI is InChI=1S/C20H14O4.2Na/c21-19(22)17-11-15(13-7-3-1-4-8-13)16(12-18(17)20(23)24)14-9-5-2-6-10-14;;/h1-12H,(H,21,22)(H,23,24);;/q;2*+1/p-2. The maximum atomic E-state index is 11.4. The van der Waals surface area contributed by atoms with Gasteiger partial charge >= 0.3 is 59.1 Å². The molecule has 118 valence electrons. The van der Waals surface area contributed by atoms with Crippen molar-refractivity contribution in [2.75, 3.05) is 0 Å². The minimum Gasteiger partial charge on any atom is -0.545 e. The van der Waals surface area contributed by atoms with Gasteiger partial charge in [0.1, 0.15) is 0 Å². The van der Waals surface area contributed by atoms with Crippen molar-refractivity contribution in [3.05, 3.63) is 83.9 Å². The van der Waals surface area contributed by atoms with Gasteiger partial charge in [-0.05, 0) is 34.4 Å². The topological polar surface area (TPSA) is 80.3 Å². The molecule has 26 heavy (non-hydrogen) atoms. The van der Waals surface area contributed by atoms with Crippen LogP contribution in [0.15, 0.2) is 72.8 Å². The molecule has 0 aliphatic carbocycles. The van der Waals surface area contributed by atoms with E-state index in [1.807, 2.05) is 60.7 Å². The molecule has 0 heterocycles. The van der Waals surface area contributed by atoms with Crippen LogP contribution in [-0.2, 0) is 0 Å². The molecule has 3 rings (SSSR count). The third kappa shape index (κ3) is 4.86. The number of rotatable bonds is 4. The summed E-state index contributed by atoms with van der Waals surface area (Å²) in [5, 5.41) is 22.7. The summed E-state index contributed by atoms with van der Waals surface area (Å²) in [6.07, 6.45) is 0. The number of carbonyl (C=O) groups excluding carboxylic acids is 2. The predicted octanol–water partition coefficient (Wildman–Crippen LogP) is -4.24. The zero-order valence-corrected chi connectivity index (χ0v) is 18.6. The number of carboxylic acid groups (broad SMARTS) is 2. The van der Waals surface area contributed by atoms with Crippen molar-refractivity contribution < 1.29 is 78.9 Å². The van der Waals surface area contributed by atoms with Crippen molar-refractivity contribution in [1.82, 2.24) is 0 Å². The fraction of sp³-hybridized carbons (Fsp3) is 0. The van der Waals surface area contributed by atoms with Crippen molar-refractivity contribution >= 4 is 11.9 Å². The molecule has 0 N–H and O–H groups in total. The first kappa shape index (κ1) is 22.6. The molecule has 0 aliphatic rings. The molecule has 0 fully saturated rings. The normalized spacial score (nSPS) is 9.54. The second-order valence-corrected chi connectivity index (χ2v) is 5.25. The Morgan fingerprint density at radius 3 is 1.15 bits per heavy atom. The summed E-state index contributed by atoms with van der Waals surface area (Å²) in [6.45, 7) is 0. The largest absolute Gasteiger partial charge is 1.00 e. The van der Waals surface area contributed by atoms with Gasteiger partial charge < -0.3 is 19.8 Å². The molecule has 0 saturated carbocycles. The molecule has 0 atom stereocenters. The van der Waals surface area contributed by atoms with Crippen LogP contribution in [0.5, 0.6) is 0 Å². The first-order chi connectivity index (χ1) is 11.6. The maximum absolute atomic E-state index is 11.4. The van der Waals surface area contributed by atoms with E-state index in [2.05, 4.69) is 0 Å². The minimum absolute atomic E-state index is 0. The molecular formula is C20H12Na2O4. The van der Waals surface area contributed by atoms with Crippen LogP contribution in [0.25, 0.3) is 22.3 Å². The molecule has 3 aromatic rings. The predicted molar refractivity (Wildman–Crippen MR) is 86.0 cm³/mol. The van der Waals surface area contributed by atoms with E-state index in [4.69, 9.17) is 0 Å². The van der Waals surface area contributed by atoms with Gasteiger partial charge in [0, 0.05) is 11.1 Å². The van der Waals surface area contributed by atoms with Crippen molar-refractivity contribution in [2.24, 2.45) is 0 Å². The fourth-order valence-electron chi connectivity index (χ4n) is 2.65. The average Bonchev–Trinajstić information content (AvgIpc) is 2.62. The van der Waals surface area contributed by atoms with Crippen molar-refractivity contribution in [1.29, 1.82) is 0 Å². The first-order valence-electron chi connectivity index (χ1n) is 7.29. The third-order valence-corrected chi connectivity index (χ3v) is 3.77. The molecule has 0 saturated heterocycles. The summed E-state index contributed by atoms with van der Waals surface area (Å²) in [7, 11) is 0. The van der Waals surface area contributed by atoms with Crippen LogP contribution < -0.4 is 69.3 Å². The molecule has 0 aromatic heterocycles. The Morgan fingerprint density at radius 1 is 0.577 bits per heavy atom. The molecule has 0 radical (unpaired) electrons. The van der Waals surface area contributed by atoms with E-state index in [-0.39, 0.29) is 59.1 Å². The summed E-state index contributed by atoms with van der Waals surface area (Å²) in [4.78, 5) is 22.7. The van der Waals surface area contributed by atoms with E-state index < -0.39 is 23.1 Å². The average molecular weight is 362 g/mol. The zero-order chi connectivity index (χ0) is 17.1. The molecule has 0 aliphatic heterocycles. The van der Waals surface area contributed by atoms with E-state index in [0.29, 0.717) is 11.1 Å². The molecule has 0 amide bonds. The Bertz CT molecular complexity index is 833. The van der Waals surface area contributed by atoms with Gasteiger partial charge in [-0.15, -0.1) is 0 Å². The van der Waals surface area contributed by atoms with Gasteiger partial charge in [0.2, 0.25) is 0 Å². The first-order valence-corrected chi connectivity index (χ1v) is 7.29. The second-order valence-electron chi connectivity index (χ2n) is 5.25. The van der Waals surface area contributed by atoms with Crippen LogP contribution in [-0.4, -0.2) is 11.9 Å². The number of carbonyl (C=O) groups is 2. The number of hydrogen-bond acceptors (Lipinski definition) is 4. The molecule has 3 aromatic carbocycles. The smallest absolute Gasteiger partial charge is 0.545 e. The molecule has 0 bridgehead atoms. The number of benzene rings is 3. The number of hydrogen-bond donors (Lipinski definition) is 0. The Balaban J connectivity index is 0.00000169. The van der Waals surface area contributed by atoms with E-state index in [9.17, 15) is 19.8 Å². The Kier molecular flexibility index (Phi) is 8.77. The fourth-order valence-corrected chi connectivity index (χ4v) is 2.65. The third-order valence-electron chi connectivity index (χ3n) is 3.77. The summed E-state index contributed by atoms with van der Waals surface area (Å²) in [6, 6.07) is 21.0. The summed E-state index contributed by atoms with van der Waals surface area (Å²) >= 11 is 0. The van der Waals surface area contributed by atoms with Crippen LogP contribution in [0.2, 0.25) is 0 Å². The quantitative estimate of drug-likeness (QED) is 0.441. The van der Waals surface area contributed by atoms with Crippen LogP contribution in [0, 0.1) is 0 Å². The number of aromatic carboxylic acids is 2. The summed E-state index contributed by atoms with van der Waals surface area (Å²) in [5.41, 5.74) is 2.01. The van der Waals surface area contributed by atoms with Crippen LogP contribution in [0.4, 0.5) is 0 Å². The van der Waals surface area contributed by atoms with Gasteiger partial charge in [-0.3, -0.25) is 0 Å². The SMILES string of the molecule is O=C([O-])c1cc(-c2ccccc2)c(-c2ccccc2)cc1C(=O)[O-].[Na+].[Na+]. The van der Waals surface area contributed by atoms with E-state index in [1.165, 1.54) is 12.1 Å². The molecule has 0 spiro atoms. The second kappa shape index (κ2) is 10.1. The molecule has 6 heteroatoms. The van der Waals surface area contributed by atoms with E-state index >= 15 is 0 Å². The minimum atomic E-state index is -1.55. The van der Waals surface area contributed by atoms with Crippen molar-refractivity contribution in [3.63, 3.8) is 0 Å². The Hall–Kier alpha value is -1.40. The summed E-state index contributed by atoms with van der Waals surface area (Å²) in [5.74, 6) is -3.10. The summed E-state index contributed by atoms with van der Waals surface area (Å²) < 4.78 is 0. The van der Waals surface area contributed by atoms with Gasteiger partial charge in [-0.2, -0.15) is 0 Å². The van der Waals surface area contributed by atoms with E-state index in [1.54, 1.807) is 0 Å². The Morgan fingerprint density at radius 2 is 0.885 bits per heavy atom. The van der Waals surface area contributed by atoms with E-state index in [0.717, 1.165) is 11.1 Å². The van der Waals surface area contributed by atoms with Gasteiger partial charge in [-0.25, -0.2) is 0 Å². The van der Waals surface area contributed by atoms with Gasteiger partial charge in [-0.1, -0.05) is 60.7 Å². The van der Waals surface area contributed by atoms with Crippen molar-refractivity contribution in [2.45, 2.75) is 0 Å². The van der Waals surface area contributed by atoms with Gasteiger partial charge in [0.15, 0.2) is 0 Å². The monoisotopic (exact) mass is 362 g/mol. The van der Waals surface area contributed by atoms with Crippen LogP contribution in [0.1, 0.15) is 20.7 Å². The van der Waals surface area contributed by atoms with Gasteiger partial charge in [0.05, 0.1) is 11.9 Å². The van der Waals surface area contributed by atoms with Gasteiger partial charge in [0.25, 0.3) is 0 Å². The molecule has 0 unspecified atom stereocenters. The van der Waals surface area contributed by atoms with Crippen molar-refractivity contribution in [3.8, 4) is 22.3 Å². The van der Waals surface area contributed by atoms with Crippen LogP contribution in [0.3, 0.4) is 0 Å². The molecular weight excluding hydrogens is 350 g/mol. The number of carboxylic acids is 2. The Labute approximate surface area is 195 Å². The maximum Gasteiger partial charge on any atom is 1.00 e. The molecule has 4 nitrogen and oxygen atoms in total. The zero-order valence-electron chi connectivity index (χ0n) is 14.6.